The highest BCUT2D eigenvalue weighted by atomic mass is 16.6. The summed E-state index contributed by atoms with van der Waals surface area (Å²) in [5.74, 6) is 0.199. The van der Waals surface area contributed by atoms with Gasteiger partial charge in [0.05, 0.1) is 23.3 Å². The predicted molar refractivity (Wildman–Crippen MR) is 62.1 cm³/mol. The van der Waals surface area contributed by atoms with Crippen LogP contribution < -0.4 is 10.1 Å². The van der Waals surface area contributed by atoms with Gasteiger partial charge in [-0.25, -0.2) is 4.79 Å². The van der Waals surface area contributed by atoms with Crippen LogP contribution in [0.3, 0.4) is 0 Å². The van der Waals surface area contributed by atoms with Crippen LogP contribution in [0.1, 0.15) is 0 Å². The van der Waals surface area contributed by atoms with E-state index in [0.29, 0.717) is 6.61 Å². The van der Waals surface area contributed by atoms with E-state index in [2.05, 4.69) is 0 Å². The van der Waals surface area contributed by atoms with Gasteiger partial charge in [-0.05, 0) is 0 Å². The number of amides is 1. The Bertz CT molecular complexity index is 448. The molecule has 0 saturated heterocycles. The molecule has 98 valence electrons. The minimum atomic E-state index is -1.31. The molecule has 0 bridgehead atoms. The van der Waals surface area contributed by atoms with Crippen LogP contribution in [-0.2, 0) is 4.74 Å². The largest absolute Gasteiger partial charge is 0.491 e. The molecular formula is C10H12N2O6. The number of carbonyl (C=O) groups is 1. The Morgan fingerprint density at radius 3 is 2.72 bits per heavy atom. The second-order valence-corrected chi connectivity index (χ2v) is 3.24. The zero-order valence-electron chi connectivity index (χ0n) is 9.58. The standard InChI is InChI=1S/C10H12N2O6/c1-17-2-3-18-9-5-7(11-10(13)14)4-8(6-9)12(15)16/h4-6,11H,2-3H2,1H3,(H,13,14). The van der Waals surface area contributed by atoms with E-state index < -0.39 is 11.0 Å². The minimum Gasteiger partial charge on any atom is -0.491 e. The number of hydrogen-bond donors (Lipinski definition) is 2. The van der Waals surface area contributed by atoms with Crippen molar-refractivity contribution in [2.75, 3.05) is 25.6 Å². The van der Waals surface area contributed by atoms with Gasteiger partial charge in [0.1, 0.15) is 12.4 Å². The number of ether oxygens (including phenoxy) is 2. The van der Waals surface area contributed by atoms with Crippen molar-refractivity contribution in [3.8, 4) is 5.75 Å². The number of nitro groups is 1. The van der Waals surface area contributed by atoms with Crippen molar-refractivity contribution in [2.24, 2.45) is 0 Å². The van der Waals surface area contributed by atoms with Gasteiger partial charge in [0.2, 0.25) is 0 Å². The molecule has 8 heteroatoms. The van der Waals surface area contributed by atoms with E-state index in [1.54, 1.807) is 0 Å². The van der Waals surface area contributed by atoms with Crippen LogP contribution in [0, 0.1) is 10.1 Å². The zero-order valence-corrected chi connectivity index (χ0v) is 9.58. The van der Waals surface area contributed by atoms with Gasteiger partial charge in [-0.15, -0.1) is 0 Å². The van der Waals surface area contributed by atoms with Gasteiger partial charge in [0.25, 0.3) is 5.69 Å². The molecule has 8 nitrogen and oxygen atoms in total. The average molecular weight is 256 g/mol. The first-order valence-electron chi connectivity index (χ1n) is 4.94. The molecule has 0 radical (unpaired) electrons. The average Bonchev–Trinajstić information content (AvgIpc) is 2.28. The summed E-state index contributed by atoms with van der Waals surface area (Å²) in [5.41, 5.74) is -0.183. The molecule has 0 heterocycles. The highest BCUT2D eigenvalue weighted by Gasteiger charge is 2.11. The van der Waals surface area contributed by atoms with E-state index in [-0.39, 0.29) is 23.7 Å². The number of anilines is 1. The summed E-state index contributed by atoms with van der Waals surface area (Å²) in [7, 11) is 1.49. The lowest BCUT2D eigenvalue weighted by atomic mass is 10.2. The third kappa shape index (κ3) is 4.26. The summed E-state index contributed by atoms with van der Waals surface area (Å²) in [6, 6.07) is 3.68. The minimum absolute atomic E-state index is 0.0733. The van der Waals surface area contributed by atoms with Crippen molar-refractivity contribution >= 4 is 17.5 Å². The molecule has 1 aromatic rings. The molecule has 0 spiro atoms. The van der Waals surface area contributed by atoms with Crippen molar-refractivity contribution in [3.63, 3.8) is 0 Å². The molecule has 0 aromatic heterocycles. The van der Waals surface area contributed by atoms with Crippen LogP contribution in [0.25, 0.3) is 0 Å². The number of nitrogens with zero attached hydrogens (tertiary/aromatic N) is 1. The van der Waals surface area contributed by atoms with Crippen LogP contribution in [0.2, 0.25) is 0 Å². The molecule has 1 aromatic carbocycles. The maximum Gasteiger partial charge on any atom is 0.409 e. The SMILES string of the molecule is COCCOc1cc(NC(=O)O)cc([N+](=O)[O-])c1. The first-order valence-corrected chi connectivity index (χ1v) is 4.94. The van der Waals surface area contributed by atoms with E-state index in [9.17, 15) is 14.9 Å². The third-order valence-corrected chi connectivity index (χ3v) is 1.91. The van der Waals surface area contributed by atoms with Gasteiger partial charge in [-0.2, -0.15) is 0 Å². The van der Waals surface area contributed by atoms with Gasteiger partial charge in [0, 0.05) is 19.2 Å². The lowest BCUT2D eigenvalue weighted by Crippen LogP contribution is -2.09. The molecule has 1 rings (SSSR count). The van der Waals surface area contributed by atoms with Crippen molar-refractivity contribution in [2.45, 2.75) is 0 Å². The third-order valence-electron chi connectivity index (χ3n) is 1.91. The first kappa shape index (κ1) is 13.7. The fourth-order valence-electron chi connectivity index (χ4n) is 1.21. The first-order chi connectivity index (χ1) is 8.52. The second-order valence-electron chi connectivity index (χ2n) is 3.24. The van der Waals surface area contributed by atoms with Crippen LogP contribution in [0.15, 0.2) is 18.2 Å². The predicted octanol–water partition coefficient (Wildman–Crippen LogP) is 1.71. The number of hydrogen-bond acceptors (Lipinski definition) is 5. The van der Waals surface area contributed by atoms with Gasteiger partial charge < -0.3 is 14.6 Å². The van der Waals surface area contributed by atoms with Crippen LogP contribution in [-0.4, -0.2) is 36.4 Å². The Balaban J connectivity index is 2.90. The maximum absolute atomic E-state index is 10.7. The van der Waals surface area contributed by atoms with Crippen LogP contribution in [0.5, 0.6) is 5.75 Å². The highest BCUT2D eigenvalue weighted by molar-refractivity contribution is 5.83. The van der Waals surface area contributed by atoms with Crippen molar-refractivity contribution < 1.29 is 24.3 Å². The molecule has 0 atom stereocenters. The van der Waals surface area contributed by atoms with Crippen molar-refractivity contribution in [3.05, 3.63) is 28.3 Å². The zero-order chi connectivity index (χ0) is 13.5. The summed E-state index contributed by atoms with van der Waals surface area (Å²) in [6.07, 6.45) is -1.31. The topological polar surface area (TPSA) is 111 Å². The Kier molecular flexibility index (Phi) is 4.88. The molecule has 1 amide bonds. The fourth-order valence-corrected chi connectivity index (χ4v) is 1.21. The van der Waals surface area contributed by atoms with E-state index in [0.717, 1.165) is 6.07 Å². The molecular weight excluding hydrogens is 244 g/mol. The molecule has 2 N–H and O–H groups in total. The summed E-state index contributed by atoms with van der Waals surface area (Å²) in [6.45, 7) is 0.536. The lowest BCUT2D eigenvalue weighted by Gasteiger charge is -2.07. The van der Waals surface area contributed by atoms with E-state index in [4.69, 9.17) is 14.6 Å². The number of carboxylic acid groups (broad SMARTS) is 1. The van der Waals surface area contributed by atoms with E-state index in [1.165, 1.54) is 19.2 Å². The van der Waals surface area contributed by atoms with E-state index in [1.807, 2.05) is 5.32 Å². The van der Waals surface area contributed by atoms with Gasteiger partial charge in [0.15, 0.2) is 0 Å². The van der Waals surface area contributed by atoms with Crippen molar-refractivity contribution in [1.82, 2.24) is 0 Å². The fraction of sp³-hybridized carbons (Fsp3) is 0.300. The van der Waals surface area contributed by atoms with Gasteiger partial charge in [-0.1, -0.05) is 0 Å². The normalized spacial score (nSPS) is 9.83. The highest BCUT2D eigenvalue weighted by Crippen LogP contribution is 2.26. The Morgan fingerprint density at radius 1 is 1.44 bits per heavy atom. The summed E-state index contributed by atoms with van der Waals surface area (Å²) >= 11 is 0. The Hall–Kier alpha value is -2.35. The maximum atomic E-state index is 10.7. The number of nitro benzene ring substituents is 1. The van der Waals surface area contributed by atoms with Gasteiger partial charge in [-0.3, -0.25) is 15.4 Å². The van der Waals surface area contributed by atoms with Crippen molar-refractivity contribution in [1.29, 1.82) is 0 Å². The van der Waals surface area contributed by atoms with Crippen LogP contribution in [0.4, 0.5) is 16.2 Å². The van der Waals surface area contributed by atoms with E-state index >= 15 is 0 Å². The molecule has 0 aliphatic rings. The number of nitrogens with one attached hydrogen (secondary N) is 1. The monoisotopic (exact) mass is 256 g/mol. The Morgan fingerprint density at radius 2 is 2.17 bits per heavy atom. The summed E-state index contributed by atoms with van der Waals surface area (Å²) in [4.78, 5) is 20.5. The molecule has 0 aliphatic carbocycles. The van der Waals surface area contributed by atoms with Gasteiger partial charge >= 0.3 is 6.09 Å². The Labute approximate surface area is 102 Å². The number of methoxy groups -OCH3 is 1. The number of non-ortho nitro benzene ring substituents is 1. The molecule has 0 saturated carbocycles. The molecule has 18 heavy (non-hydrogen) atoms. The van der Waals surface area contributed by atoms with Crippen LogP contribution >= 0.6 is 0 Å². The number of rotatable bonds is 6. The molecule has 0 unspecified atom stereocenters. The lowest BCUT2D eigenvalue weighted by molar-refractivity contribution is -0.384. The molecule has 0 fully saturated rings. The summed E-state index contributed by atoms with van der Waals surface area (Å²) in [5, 5.41) is 21.3. The summed E-state index contributed by atoms with van der Waals surface area (Å²) < 4.78 is 9.96. The second kappa shape index (κ2) is 6.40. The number of benzene rings is 1. The smallest absolute Gasteiger partial charge is 0.409 e. The quantitative estimate of drug-likeness (QED) is 0.455. The molecule has 0 aliphatic heterocycles.